The van der Waals surface area contributed by atoms with Gasteiger partial charge in [-0.1, -0.05) is 25.7 Å². The van der Waals surface area contributed by atoms with Gasteiger partial charge in [-0.05, 0) is 18.3 Å². The summed E-state index contributed by atoms with van der Waals surface area (Å²) in [6.07, 6.45) is 0.542. The van der Waals surface area contributed by atoms with Crippen molar-refractivity contribution in [1.82, 2.24) is 4.90 Å². The molecular formula is C12H20F3NO. The number of hydrogen-bond acceptors (Lipinski definition) is 2. The Balaban J connectivity index is 1.78. The van der Waals surface area contributed by atoms with Crippen molar-refractivity contribution in [2.45, 2.75) is 50.8 Å². The summed E-state index contributed by atoms with van der Waals surface area (Å²) < 4.78 is 36.6. The molecule has 1 heterocycles. The fourth-order valence-corrected chi connectivity index (χ4v) is 3.17. The second-order valence-electron chi connectivity index (χ2n) is 5.64. The van der Waals surface area contributed by atoms with Crippen LogP contribution in [-0.2, 0) is 0 Å². The van der Waals surface area contributed by atoms with E-state index in [4.69, 9.17) is 5.11 Å². The highest BCUT2D eigenvalue weighted by Gasteiger charge is 2.46. The van der Waals surface area contributed by atoms with Gasteiger partial charge in [-0.2, -0.15) is 13.2 Å². The summed E-state index contributed by atoms with van der Waals surface area (Å²) in [5.74, 6) is 0. The Hall–Kier alpha value is -0.290. The number of nitrogens with zero attached hydrogens (tertiary/aromatic N) is 1. The minimum absolute atomic E-state index is 0.259. The maximum Gasteiger partial charge on any atom is 0.415 e. The zero-order valence-electron chi connectivity index (χ0n) is 9.97. The molecule has 1 aliphatic heterocycles. The molecule has 0 aromatic carbocycles. The minimum atomic E-state index is -4.48. The Morgan fingerprint density at radius 2 is 1.59 bits per heavy atom. The maximum absolute atomic E-state index is 12.2. The summed E-state index contributed by atoms with van der Waals surface area (Å²) in [7, 11) is 0. The molecule has 5 heteroatoms. The number of hydrogen-bond donors (Lipinski definition) is 1. The van der Waals surface area contributed by atoms with Gasteiger partial charge < -0.3 is 5.11 Å². The normalized spacial score (nSPS) is 27.5. The van der Waals surface area contributed by atoms with Gasteiger partial charge >= 0.3 is 6.18 Å². The van der Waals surface area contributed by atoms with E-state index in [1.54, 1.807) is 4.90 Å². The Kier molecular flexibility index (Phi) is 3.69. The first kappa shape index (κ1) is 13.1. The smallest absolute Gasteiger partial charge is 0.382 e. The molecular weight excluding hydrogens is 231 g/mol. The summed E-state index contributed by atoms with van der Waals surface area (Å²) >= 11 is 0. The van der Waals surface area contributed by atoms with E-state index < -0.39 is 12.3 Å². The van der Waals surface area contributed by atoms with Crippen LogP contribution in [-0.4, -0.2) is 41.9 Å². The highest BCUT2D eigenvalue weighted by molar-refractivity contribution is 4.96. The van der Waals surface area contributed by atoms with Gasteiger partial charge in [0.25, 0.3) is 0 Å². The Labute approximate surface area is 99.8 Å². The number of rotatable bonds is 2. The fourth-order valence-electron chi connectivity index (χ4n) is 3.17. The van der Waals surface area contributed by atoms with Crippen molar-refractivity contribution in [2.75, 3.05) is 19.6 Å². The number of alkyl halides is 3. The van der Waals surface area contributed by atoms with Gasteiger partial charge in [-0.3, -0.25) is 4.90 Å². The van der Waals surface area contributed by atoms with Crippen LogP contribution in [0.4, 0.5) is 13.2 Å². The van der Waals surface area contributed by atoms with Crippen LogP contribution in [0.1, 0.15) is 38.5 Å². The van der Waals surface area contributed by atoms with E-state index in [0.29, 0.717) is 0 Å². The molecule has 2 fully saturated rings. The van der Waals surface area contributed by atoms with Crippen LogP contribution in [0.5, 0.6) is 0 Å². The average molecular weight is 251 g/mol. The van der Waals surface area contributed by atoms with Crippen LogP contribution in [0, 0.1) is 5.41 Å². The second-order valence-corrected chi connectivity index (χ2v) is 5.64. The predicted octanol–water partition coefficient (Wildman–Crippen LogP) is 2.57. The molecule has 2 nitrogen and oxygen atoms in total. The molecule has 0 radical (unpaired) electrons. The third-order valence-electron chi connectivity index (χ3n) is 4.09. The van der Waals surface area contributed by atoms with Crippen LogP contribution < -0.4 is 0 Å². The predicted molar refractivity (Wildman–Crippen MR) is 58.6 cm³/mol. The van der Waals surface area contributed by atoms with Crippen molar-refractivity contribution in [3.63, 3.8) is 0 Å². The molecule has 1 N–H and O–H groups in total. The molecule has 2 aliphatic rings. The monoisotopic (exact) mass is 251 g/mol. The van der Waals surface area contributed by atoms with Gasteiger partial charge in [0.2, 0.25) is 0 Å². The lowest BCUT2D eigenvalue weighted by molar-refractivity contribution is -0.215. The molecule has 0 aromatic rings. The summed E-state index contributed by atoms with van der Waals surface area (Å²) in [5.41, 5.74) is 0.266. The van der Waals surface area contributed by atoms with E-state index in [0.717, 1.165) is 25.9 Å². The van der Waals surface area contributed by atoms with E-state index in [1.807, 2.05) is 0 Å². The highest BCUT2D eigenvalue weighted by atomic mass is 19.4. The summed E-state index contributed by atoms with van der Waals surface area (Å²) in [5, 5.41) is 9.00. The van der Waals surface area contributed by atoms with Gasteiger partial charge in [0.15, 0.2) is 6.10 Å². The van der Waals surface area contributed by atoms with E-state index in [9.17, 15) is 13.2 Å². The minimum Gasteiger partial charge on any atom is -0.382 e. The van der Waals surface area contributed by atoms with Crippen LogP contribution in [0.3, 0.4) is 0 Å². The van der Waals surface area contributed by atoms with E-state index in [-0.39, 0.29) is 12.0 Å². The molecule has 0 bridgehead atoms. The first-order valence-corrected chi connectivity index (χ1v) is 6.38. The topological polar surface area (TPSA) is 23.5 Å². The van der Waals surface area contributed by atoms with Crippen LogP contribution in [0.25, 0.3) is 0 Å². The number of aliphatic hydroxyl groups is 1. The first-order chi connectivity index (χ1) is 7.91. The highest BCUT2D eigenvalue weighted by Crippen LogP contribution is 2.43. The number of β-amino-alcohol motifs (C(OH)–C–C–N with tert-alkyl or cyclic N) is 1. The molecule has 1 atom stereocenters. The van der Waals surface area contributed by atoms with Gasteiger partial charge in [0, 0.05) is 19.6 Å². The van der Waals surface area contributed by atoms with Crippen LogP contribution >= 0.6 is 0 Å². The third-order valence-corrected chi connectivity index (χ3v) is 4.09. The van der Waals surface area contributed by atoms with Crippen molar-refractivity contribution < 1.29 is 18.3 Å². The largest absolute Gasteiger partial charge is 0.415 e. The third kappa shape index (κ3) is 3.13. The molecule has 1 unspecified atom stereocenters. The molecule has 1 saturated heterocycles. The lowest BCUT2D eigenvalue weighted by Crippen LogP contribution is -2.59. The SMILES string of the molecule is OC(CN1CC2(CCCCCC2)C1)C(F)(F)F. The van der Waals surface area contributed by atoms with Crippen LogP contribution in [0.2, 0.25) is 0 Å². The lowest BCUT2D eigenvalue weighted by Gasteiger charge is -2.51. The molecule has 1 spiro atoms. The molecule has 1 aliphatic carbocycles. The zero-order chi connectivity index (χ0) is 12.5. The van der Waals surface area contributed by atoms with Gasteiger partial charge in [-0.15, -0.1) is 0 Å². The van der Waals surface area contributed by atoms with Crippen molar-refractivity contribution in [1.29, 1.82) is 0 Å². The molecule has 0 amide bonds. The number of likely N-dealkylation sites (tertiary alicyclic amines) is 1. The quantitative estimate of drug-likeness (QED) is 0.815. The standard InChI is InChI=1S/C12H20F3NO/c13-12(14,15)10(17)7-16-8-11(9-16)5-3-1-2-4-6-11/h10,17H,1-9H2. The number of halogens is 3. The lowest BCUT2D eigenvalue weighted by atomic mass is 9.73. The van der Waals surface area contributed by atoms with E-state index in [1.165, 1.54) is 25.7 Å². The van der Waals surface area contributed by atoms with E-state index in [2.05, 4.69) is 0 Å². The van der Waals surface area contributed by atoms with Crippen molar-refractivity contribution in [3.05, 3.63) is 0 Å². The number of aliphatic hydroxyl groups excluding tert-OH is 1. The second kappa shape index (κ2) is 4.76. The maximum atomic E-state index is 12.2. The Morgan fingerprint density at radius 3 is 2.06 bits per heavy atom. The van der Waals surface area contributed by atoms with Gasteiger partial charge in [0.1, 0.15) is 0 Å². The van der Waals surface area contributed by atoms with Gasteiger partial charge in [-0.25, -0.2) is 0 Å². The van der Waals surface area contributed by atoms with Crippen LogP contribution in [0.15, 0.2) is 0 Å². The molecule has 0 aromatic heterocycles. The first-order valence-electron chi connectivity index (χ1n) is 6.38. The Bertz CT molecular complexity index is 251. The summed E-state index contributed by atoms with van der Waals surface area (Å²) in [6.45, 7) is 1.21. The van der Waals surface area contributed by atoms with Gasteiger partial charge in [0.05, 0.1) is 0 Å². The Morgan fingerprint density at radius 1 is 1.06 bits per heavy atom. The van der Waals surface area contributed by atoms with Crippen molar-refractivity contribution in [2.24, 2.45) is 5.41 Å². The average Bonchev–Trinajstić information content (AvgIpc) is 2.41. The molecule has 100 valence electrons. The summed E-state index contributed by atoms with van der Waals surface area (Å²) in [4.78, 5) is 1.74. The molecule has 17 heavy (non-hydrogen) atoms. The zero-order valence-corrected chi connectivity index (χ0v) is 9.97. The van der Waals surface area contributed by atoms with Crippen molar-refractivity contribution in [3.8, 4) is 0 Å². The molecule has 1 saturated carbocycles. The fraction of sp³-hybridized carbons (Fsp3) is 1.00. The molecule has 2 rings (SSSR count). The van der Waals surface area contributed by atoms with Crippen molar-refractivity contribution >= 4 is 0 Å². The summed E-state index contributed by atoms with van der Waals surface area (Å²) in [6, 6.07) is 0. The van der Waals surface area contributed by atoms with E-state index >= 15 is 0 Å².